The second-order valence-electron chi connectivity index (χ2n) is 5.80. The number of nitrogens with one attached hydrogen (secondary N) is 2. The Morgan fingerprint density at radius 2 is 1.80 bits per heavy atom. The van der Waals surface area contributed by atoms with Crippen LogP contribution in [0.25, 0.3) is 0 Å². The van der Waals surface area contributed by atoms with Gasteiger partial charge in [0.2, 0.25) is 11.8 Å². The minimum atomic E-state index is -0.426. The van der Waals surface area contributed by atoms with E-state index in [1.54, 1.807) is 0 Å². The normalized spacial score (nSPS) is 16.0. The molecule has 0 spiro atoms. The van der Waals surface area contributed by atoms with Crippen molar-refractivity contribution in [2.45, 2.75) is 52.0 Å². The van der Waals surface area contributed by atoms with Crippen LogP contribution in [0.5, 0.6) is 0 Å². The molecule has 0 aromatic heterocycles. The molecular weight excluding hydrogens is 278 g/mol. The van der Waals surface area contributed by atoms with Crippen LogP contribution in [0.1, 0.15) is 46.0 Å². The van der Waals surface area contributed by atoms with Gasteiger partial charge >= 0.3 is 0 Å². The second kappa shape index (κ2) is 10.00. The smallest absolute Gasteiger partial charge is 0.236 e. The Balaban J connectivity index is 0.00000361. The van der Waals surface area contributed by atoms with Gasteiger partial charge in [-0.1, -0.05) is 20.3 Å². The summed E-state index contributed by atoms with van der Waals surface area (Å²) in [4.78, 5) is 23.1. The predicted octanol–water partition coefficient (Wildman–Crippen LogP) is 1.20. The van der Waals surface area contributed by atoms with E-state index in [9.17, 15) is 9.59 Å². The maximum Gasteiger partial charge on any atom is 0.236 e. The lowest BCUT2D eigenvalue weighted by molar-refractivity contribution is -0.127. The van der Waals surface area contributed by atoms with E-state index in [1.165, 1.54) is 6.42 Å². The lowest BCUT2D eigenvalue weighted by Crippen LogP contribution is -2.42. The highest BCUT2D eigenvalue weighted by Gasteiger charge is 2.24. The summed E-state index contributed by atoms with van der Waals surface area (Å²) in [5.74, 6) is 0.713. The van der Waals surface area contributed by atoms with Crippen molar-refractivity contribution < 1.29 is 9.59 Å². The molecule has 0 aliphatic heterocycles. The van der Waals surface area contributed by atoms with Gasteiger partial charge in [0.1, 0.15) is 0 Å². The van der Waals surface area contributed by atoms with E-state index >= 15 is 0 Å². The molecule has 1 aliphatic rings. The van der Waals surface area contributed by atoms with Gasteiger partial charge < -0.3 is 16.4 Å². The fourth-order valence-corrected chi connectivity index (χ4v) is 2.07. The van der Waals surface area contributed by atoms with Gasteiger partial charge in [0.05, 0.1) is 6.04 Å². The number of halogens is 1. The van der Waals surface area contributed by atoms with E-state index in [0.29, 0.717) is 25.4 Å². The molecule has 0 aromatic carbocycles. The summed E-state index contributed by atoms with van der Waals surface area (Å²) in [5, 5.41) is 5.70. The predicted molar refractivity (Wildman–Crippen MR) is 82.7 cm³/mol. The molecule has 1 saturated carbocycles. The van der Waals surface area contributed by atoms with E-state index in [2.05, 4.69) is 10.6 Å². The third kappa shape index (κ3) is 7.10. The summed E-state index contributed by atoms with van der Waals surface area (Å²) >= 11 is 0. The molecule has 1 fully saturated rings. The average molecular weight is 306 g/mol. The number of nitrogens with two attached hydrogens (primary N) is 1. The lowest BCUT2D eigenvalue weighted by atomic mass is 9.85. The van der Waals surface area contributed by atoms with Crippen LogP contribution in [-0.4, -0.2) is 30.9 Å². The largest absolute Gasteiger partial charge is 0.356 e. The molecule has 0 bridgehead atoms. The fraction of sp³-hybridized carbons (Fsp3) is 0.857. The minimum Gasteiger partial charge on any atom is -0.356 e. The van der Waals surface area contributed by atoms with Crippen molar-refractivity contribution in [3.63, 3.8) is 0 Å². The SMILES string of the molecule is CC(C)C[C@H](N)C(=O)NCCCNC(=O)C1CCC1.Cl. The van der Waals surface area contributed by atoms with Crippen LogP contribution in [-0.2, 0) is 9.59 Å². The van der Waals surface area contributed by atoms with Crippen LogP contribution in [0.3, 0.4) is 0 Å². The highest BCUT2D eigenvalue weighted by molar-refractivity contribution is 5.85. The van der Waals surface area contributed by atoms with E-state index in [4.69, 9.17) is 5.73 Å². The molecule has 5 nitrogen and oxygen atoms in total. The summed E-state index contributed by atoms with van der Waals surface area (Å²) in [5.41, 5.74) is 5.76. The van der Waals surface area contributed by atoms with Crippen molar-refractivity contribution >= 4 is 24.2 Å². The Morgan fingerprint density at radius 1 is 1.20 bits per heavy atom. The zero-order valence-corrected chi connectivity index (χ0v) is 13.3. The van der Waals surface area contributed by atoms with Gasteiger partial charge in [-0.2, -0.15) is 0 Å². The monoisotopic (exact) mass is 305 g/mol. The fourth-order valence-electron chi connectivity index (χ4n) is 2.07. The van der Waals surface area contributed by atoms with Crippen LogP contribution in [0.2, 0.25) is 0 Å². The van der Waals surface area contributed by atoms with Crippen molar-refractivity contribution in [2.75, 3.05) is 13.1 Å². The second-order valence-corrected chi connectivity index (χ2v) is 5.80. The zero-order valence-electron chi connectivity index (χ0n) is 12.5. The molecule has 1 atom stereocenters. The Kier molecular flexibility index (Phi) is 9.59. The van der Waals surface area contributed by atoms with Crippen LogP contribution in [0.15, 0.2) is 0 Å². The molecule has 1 rings (SSSR count). The highest BCUT2D eigenvalue weighted by Crippen LogP contribution is 2.25. The first-order valence-electron chi connectivity index (χ1n) is 7.31. The first kappa shape index (κ1) is 19.2. The van der Waals surface area contributed by atoms with E-state index in [1.807, 2.05) is 13.8 Å². The molecular formula is C14H28ClN3O2. The summed E-state index contributed by atoms with van der Waals surface area (Å²) in [6, 6.07) is -0.426. The Morgan fingerprint density at radius 3 is 2.30 bits per heavy atom. The molecule has 0 heterocycles. The van der Waals surface area contributed by atoms with E-state index in [-0.39, 0.29) is 30.1 Å². The first-order valence-corrected chi connectivity index (χ1v) is 7.31. The Bertz CT molecular complexity index is 307. The van der Waals surface area contributed by atoms with Gasteiger partial charge in [0, 0.05) is 19.0 Å². The van der Waals surface area contributed by atoms with Crippen LogP contribution in [0, 0.1) is 11.8 Å². The first-order chi connectivity index (χ1) is 9.00. The molecule has 0 saturated heterocycles. The summed E-state index contributed by atoms with van der Waals surface area (Å²) in [6.45, 7) is 5.27. The van der Waals surface area contributed by atoms with Crippen LogP contribution in [0.4, 0.5) is 0 Å². The van der Waals surface area contributed by atoms with Gasteiger partial charge in [0.25, 0.3) is 0 Å². The third-order valence-electron chi connectivity index (χ3n) is 3.49. The minimum absolute atomic E-state index is 0. The maximum absolute atomic E-state index is 11.6. The average Bonchev–Trinajstić information content (AvgIpc) is 2.24. The summed E-state index contributed by atoms with van der Waals surface area (Å²) < 4.78 is 0. The van der Waals surface area contributed by atoms with Crippen molar-refractivity contribution in [3.8, 4) is 0 Å². The maximum atomic E-state index is 11.6. The number of hydrogen-bond donors (Lipinski definition) is 3. The van der Waals surface area contributed by atoms with Crippen molar-refractivity contribution in [1.82, 2.24) is 10.6 Å². The Hall–Kier alpha value is -0.810. The highest BCUT2D eigenvalue weighted by atomic mass is 35.5. The van der Waals surface area contributed by atoms with Gasteiger partial charge in [-0.05, 0) is 31.6 Å². The standard InChI is InChI=1S/C14H27N3O2.ClH/c1-10(2)9-12(15)14(19)17-8-4-7-16-13(18)11-5-3-6-11;/h10-12H,3-9,15H2,1-2H3,(H,16,18)(H,17,19);1H/t12-;/m0./s1. The molecule has 2 amide bonds. The third-order valence-corrected chi connectivity index (χ3v) is 3.49. The number of amides is 2. The van der Waals surface area contributed by atoms with Crippen molar-refractivity contribution in [3.05, 3.63) is 0 Å². The van der Waals surface area contributed by atoms with Gasteiger partial charge in [-0.3, -0.25) is 9.59 Å². The van der Waals surface area contributed by atoms with Crippen molar-refractivity contribution in [1.29, 1.82) is 0 Å². The quantitative estimate of drug-likeness (QED) is 0.589. The topological polar surface area (TPSA) is 84.2 Å². The molecule has 1 aliphatic carbocycles. The summed E-state index contributed by atoms with van der Waals surface area (Å²) in [6.07, 6.45) is 4.66. The zero-order chi connectivity index (χ0) is 14.3. The number of carbonyl (C=O) groups excluding carboxylic acids is 2. The van der Waals surface area contributed by atoms with Crippen molar-refractivity contribution in [2.24, 2.45) is 17.6 Å². The number of hydrogen-bond acceptors (Lipinski definition) is 3. The molecule has 6 heteroatoms. The van der Waals surface area contributed by atoms with Gasteiger partial charge in [-0.15, -0.1) is 12.4 Å². The van der Waals surface area contributed by atoms with Gasteiger partial charge in [-0.25, -0.2) is 0 Å². The van der Waals surface area contributed by atoms with E-state index in [0.717, 1.165) is 19.3 Å². The summed E-state index contributed by atoms with van der Waals surface area (Å²) in [7, 11) is 0. The number of carbonyl (C=O) groups is 2. The van der Waals surface area contributed by atoms with Crippen LogP contribution < -0.4 is 16.4 Å². The molecule has 20 heavy (non-hydrogen) atoms. The molecule has 0 radical (unpaired) electrons. The molecule has 0 unspecified atom stereocenters. The van der Waals surface area contributed by atoms with Crippen LogP contribution >= 0.6 is 12.4 Å². The number of rotatable bonds is 8. The molecule has 0 aromatic rings. The molecule has 118 valence electrons. The lowest BCUT2D eigenvalue weighted by Gasteiger charge is -2.24. The Labute approximate surface area is 127 Å². The molecule has 4 N–H and O–H groups in total. The van der Waals surface area contributed by atoms with Gasteiger partial charge in [0.15, 0.2) is 0 Å². The van der Waals surface area contributed by atoms with E-state index < -0.39 is 6.04 Å².